The molecule has 2 aromatic carbocycles. The number of hydrogen-bond donors (Lipinski definition) is 1. The smallest absolute Gasteiger partial charge is 0.146 e. The fraction of sp³-hybridized carbons (Fsp3) is 0.125. The summed E-state index contributed by atoms with van der Waals surface area (Å²) in [7, 11) is 0. The molecule has 1 aromatic heterocycles. The maximum atomic E-state index is 13.7. The van der Waals surface area contributed by atoms with Gasteiger partial charge in [-0.1, -0.05) is 18.2 Å². The van der Waals surface area contributed by atoms with Crippen molar-refractivity contribution in [3.63, 3.8) is 0 Å². The number of para-hydroxylation sites is 1. The van der Waals surface area contributed by atoms with E-state index >= 15 is 0 Å². The summed E-state index contributed by atoms with van der Waals surface area (Å²) in [5.41, 5.74) is 1.20. The normalized spacial score (nSPS) is 10.9. The summed E-state index contributed by atoms with van der Waals surface area (Å²) < 4.78 is 32.7. The van der Waals surface area contributed by atoms with Gasteiger partial charge in [0.1, 0.15) is 23.0 Å². The van der Waals surface area contributed by atoms with Crippen LogP contribution in [0.25, 0.3) is 11.0 Å². The average Bonchev–Trinajstić information content (AvgIpc) is 2.84. The second kappa shape index (κ2) is 4.96. The Morgan fingerprint density at radius 1 is 1.05 bits per heavy atom. The Bertz CT molecular complexity index is 731. The molecule has 2 nitrogen and oxygen atoms in total. The fourth-order valence-electron chi connectivity index (χ4n) is 2.09. The number of aryl methyl sites for hydroxylation is 1. The molecule has 0 radical (unpaired) electrons. The Morgan fingerprint density at radius 2 is 1.85 bits per heavy atom. The van der Waals surface area contributed by atoms with E-state index in [2.05, 4.69) is 5.32 Å². The van der Waals surface area contributed by atoms with Crippen molar-refractivity contribution in [2.75, 3.05) is 5.32 Å². The van der Waals surface area contributed by atoms with Gasteiger partial charge in [0.15, 0.2) is 0 Å². The van der Waals surface area contributed by atoms with Crippen molar-refractivity contribution in [2.45, 2.75) is 13.5 Å². The molecule has 0 saturated heterocycles. The summed E-state index contributed by atoms with van der Waals surface area (Å²) in [5, 5.41) is 3.84. The van der Waals surface area contributed by atoms with Crippen LogP contribution in [-0.4, -0.2) is 0 Å². The van der Waals surface area contributed by atoms with Crippen LogP contribution in [0.5, 0.6) is 0 Å². The lowest BCUT2D eigenvalue weighted by molar-refractivity contribution is 0.556. The van der Waals surface area contributed by atoms with Gasteiger partial charge in [0.25, 0.3) is 0 Å². The number of halogens is 2. The Labute approximate surface area is 115 Å². The number of nitrogens with one attached hydrogen (secondary N) is 1. The molecule has 0 amide bonds. The van der Waals surface area contributed by atoms with Crippen LogP contribution in [0.2, 0.25) is 0 Å². The van der Waals surface area contributed by atoms with Crippen molar-refractivity contribution in [1.29, 1.82) is 0 Å². The van der Waals surface area contributed by atoms with Crippen molar-refractivity contribution in [3.8, 4) is 0 Å². The van der Waals surface area contributed by atoms with Gasteiger partial charge in [0.2, 0.25) is 0 Å². The zero-order valence-electron chi connectivity index (χ0n) is 10.9. The van der Waals surface area contributed by atoms with E-state index in [0.29, 0.717) is 12.3 Å². The summed E-state index contributed by atoms with van der Waals surface area (Å²) in [6.07, 6.45) is 0. The third-order valence-electron chi connectivity index (χ3n) is 3.18. The second-order valence-electron chi connectivity index (χ2n) is 4.69. The molecule has 0 fully saturated rings. The van der Waals surface area contributed by atoms with E-state index in [4.69, 9.17) is 4.42 Å². The van der Waals surface area contributed by atoms with Gasteiger partial charge in [-0.15, -0.1) is 0 Å². The standard InChI is InChI=1S/C16H13F2NO/c1-10-6-14(18)15(8-13(10)17)19-9-12-7-11-4-2-3-5-16(11)20-12/h2-8,19H,9H2,1H3. The van der Waals surface area contributed by atoms with E-state index in [0.717, 1.165) is 17.0 Å². The molecule has 4 heteroatoms. The van der Waals surface area contributed by atoms with Crippen LogP contribution in [-0.2, 0) is 6.54 Å². The summed E-state index contributed by atoms with van der Waals surface area (Å²) in [6, 6.07) is 11.8. The monoisotopic (exact) mass is 273 g/mol. The molecular formula is C16H13F2NO. The number of hydrogen-bond acceptors (Lipinski definition) is 2. The molecule has 0 aliphatic heterocycles. The van der Waals surface area contributed by atoms with Gasteiger partial charge in [0, 0.05) is 11.5 Å². The van der Waals surface area contributed by atoms with E-state index in [9.17, 15) is 8.78 Å². The molecule has 0 atom stereocenters. The van der Waals surface area contributed by atoms with Crippen molar-refractivity contribution in [3.05, 3.63) is 65.4 Å². The molecule has 0 aliphatic rings. The molecule has 0 saturated carbocycles. The maximum Gasteiger partial charge on any atom is 0.146 e. The Kier molecular flexibility index (Phi) is 3.14. The maximum absolute atomic E-state index is 13.7. The van der Waals surface area contributed by atoms with Gasteiger partial charge in [-0.25, -0.2) is 8.78 Å². The number of furan rings is 1. The van der Waals surface area contributed by atoms with Gasteiger partial charge in [-0.3, -0.25) is 0 Å². The quantitative estimate of drug-likeness (QED) is 0.752. The SMILES string of the molecule is Cc1cc(F)c(NCc2cc3ccccc3o2)cc1F. The molecular weight excluding hydrogens is 260 g/mol. The first-order chi connectivity index (χ1) is 9.63. The van der Waals surface area contributed by atoms with E-state index in [1.807, 2.05) is 30.3 Å². The minimum atomic E-state index is -0.472. The van der Waals surface area contributed by atoms with Gasteiger partial charge in [-0.2, -0.15) is 0 Å². The molecule has 0 bridgehead atoms. The van der Waals surface area contributed by atoms with E-state index < -0.39 is 11.6 Å². The lowest BCUT2D eigenvalue weighted by atomic mass is 10.2. The van der Waals surface area contributed by atoms with Gasteiger partial charge >= 0.3 is 0 Å². The molecule has 0 aliphatic carbocycles. The second-order valence-corrected chi connectivity index (χ2v) is 4.69. The van der Waals surface area contributed by atoms with Gasteiger partial charge < -0.3 is 9.73 Å². The number of fused-ring (bicyclic) bond motifs is 1. The van der Waals surface area contributed by atoms with Crippen molar-refractivity contribution in [1.82, 2.24) is 0 Å². The van der Waals surface area contributed by atoms with Crippen LogP contribution < -0.4 is 5.32 Å². The Balaban J connectivity index is 1.81. The van der Waals surface area contributed by atoms with E-state index in [1.54, 1.807) is 0 Å². The van der Waals surface area contributed by atoms with Crippen LogP contribution in [0.15, 0.2) is 46.9 Å². The highest BCUT2D eigenvalue weighted by Crippen LogP contribution is 2.22. The average molecular weight is 273 g/mol. The van der Waals surface area contributed by atoms with Gasteiger partial charge in [0.05, 0.1) is 12.2 Å². The topological polar surface area (TPSA) is 25.2 Å². The van der Waals surface area contributed by atoms with Crippen molar-refractivity contribution >= 4 is 16.7 Å². The van der Waals surface area contributed by atoms with Crippen molar-refractivity contribution in [2.24, 2.45) is 0 Å². The van der Waals surface area contributed by atoms with Crippen LogP contribution in [0.3, 0.4) is 0 Å². The van der Waals surface area contributed by atoms with Crippen LogP contribution in [0.1, 0.15) is 11.3 Å². The third kappa shape index (κ3) is 2.37. The molecule has 0 spiro atoms. The molecule has 3 rings (SSSR count). The molecule has 3 aromatic rings. The van der Waals surface area contributed by atoms with E-state index in [1.165, 1.54) is 13.0 Å². The third-order valence-corrected chi connectivity index (χ3v) is 3.18. The Morgan fingerprint density at radius 3 is 2.65 bits per heavy atom. The predicted octanol–water partition coefficient (Wildman–Crippen LogP) is 4.63. The number of anilines is 1. The number of benzene rings is 2. The highest BCUT2D eigenvalue weighted by Gasteiger charge is 2.08. The van der Waals surface area contributed by atoms with E-state index in [-0.39, 0.29) is 11.3 Å². The highest BCUT2D eigenvalue weighted by atomic mass is 19.1. The van der Waals surface area contributed by atoms with Crippen LogP contribution >= 0.6 is 0 Å². The summed E-state index contributed by atoms with van der Waals surface area (Å²) in [4.78, 5) is 0. The zero-order chi connectivity index (χ0) is 14.1. The minimum absolute atomic E-state index is 0.133. The Hall–Kier alpha value is -2.36. The molecule has 0 unspecified atom stereocenters. The molecule has 1 heterocycles. The first-order valence-electron chi connectivity index (χ1n) is 6.30. The molecule has 102 valence electrons. The fourth-order valence-corrected chi connectivity index (χ4v) is 2.09. The summed E-state index contributed by atoms with van der Waals surface area (Å²) in [5.74, 6) is -0.231. The lowest BCUT2D eigenvalue weighted by Gasteiger charge is -2.07. The van der Waals surface area contributed by atoms with Crippen LogP contribution in [0.4, 0.5) is 14.5 Å². The zero-order valence-corrected chi connectivity index (χ0v) is 10.9. The number of rotatable bonds is 3. The summed E-state index contributed by atoms with van der Waals surface area (Å²) in [6.45, 7) is 1.83. The highest BCUT2D eigenvalue weighted by molar-refractivity contribution is 5.77. The predicted molar refractivity (Wildman–Crippen MR) is 74.6 cm³/mol. The molecule has 20 heavy (non-hydrogen) atoms. The first kappa shape index (κ1) is 12.7. The minimum Gasteiger partial charge on any atom is -0.459 e. The first-order valence-corrected chi connectivity index (χ1v) is 6.30. The van der Waals surface area contributed by atoms with Crippen molar-refractivity contribution < 1.29 is 13.2 Å². The summed E-state index contributed by atoms with van der Waals surface area (Å²) >= 11 is 0. The largest absolute Gasteiger partial charge is 0.459 e. The van der Waals surface area contributed by atoms with Crippen LogP contribution in [0, 0.1) is 18.6 Å². The molecule has 1 N–H and O–H groups in total. The lowest BCUT2D eigenvalue weighted by Crippen LogP contribution is -2.01. The van der Waals surface area contributed by atoms with Gasteiger partial charge in [-0.05, 0) is 30.7 Å².